The van der Waals surface area contributed by atoms with Gasteiger partial charge in [0.1, 0.15) is 0 Å². The monoisotopic (exact) mass is 435 g/mol. The molecule has 0 unspecified atom stereocenters. The SMILES string of the molecule is CC(C)c1cccc(C(C)C)c1N(CC1(c2cccc(CN(C)C)c2)CCCC1)C(N)=O. The van der Waals surface area contributed by atoms with Gasteiger partial charge >= 0.3 is 6.03 Å². The summed E-state index contributed by atoms with van der Waals surface area (Å²) in [6, 6.07) is 15.0. The molecule has 4 heteroatoms. The third-order valence-electron chi connectivity index (χ3n) is 6.94. The van der Waals surface area contributed by atoms with Gasteiger partial charge in [0.2, 0.25) is 0 Å². The normalized spacial score (nSPS) is 15.7. The minimum absolute atomic E-state index is 0.0598. The third kappa shape index (κ3) is 5.17. The van der Waals surface area contributed by atoms with Crippen molar-refractivity contribution in [3.8, 4) is 0 Å². The number of carbonyl (C=O) groups is 1. The molecule has 0 heterocycles. The molecule has 0 aromatic heterocycles. The molecule has 2 amide bonds. The third-order valence-corrected chi connectivity index (χ3v) is 6.94. The Bertz CT molecular complexity index is 900. The molecule has 0 radical (unpaired) electrons. The molecule has 32 heavy (non-hydrogen) atoms. The molecule has 4 nitrogen and oxygen atoms in total. The molecule has 1 saturated carbocycles. The Kier molecular flexibility index (Phi) is 7.66. The molecule has 2 aromatic carbocycles. The molecule has 2 aromatic rings. The number of rotatable bonds is 8. The first kappa shape index (κ1) is 24.3. The van der Waals surface area contributed by atoms with Crippen LogP contribution in [0.15, 0.2) is 42.5 Å². The number of anilines is 1. The Balaban J connectivity index is 2.10. The van der Waals surface area contributed by atoms with Crippen LogP contribution < -0.4 is 10.6 Å². The van der Waals surface area contributed by atoms with Crippen molar-refractivity contribution in [3.63, 3.8) is 0 Å². The fraction of sp³-hybridized carbons (Fsp3) is 0.536. The van der Waals surface area contributed by atoms with Crippen molar-refractivity contribution in [3.05, 3.63) is 64.7 Å². The molecule has 1 aliphatic rings. The summed E-state index contributed by atoms with van der Waals surface area (Å²) in [6.45, 7) is 10.3. The highest BCUT2D eigenvalue weighted by Gasteiger charge is 2.39. The van der Waals surface area contributed by atoms with E-state index in [2.05, 4.69) is 89.2 Å². The molecule has 1 fully saturated rings. The molecule has 0 aliphatic heterocycles. The zero-order valence-electron chi connectivity index (χ0n) is 20.8. The second-order valence-electron chi connectivity index (χ2n) is 10.4. The molecule has 0 atom stereocenters. The van der Waals surface area contributed by atoms with Crippen LogP contribution in [0.25, 0.3) is 0 Å². The van der Waals surface area contributed by atoms with Crippen LogP contribution in [0, 0.1) is 0 Å². The zero-order chi connectivity index (χ0) is 23.5. The lowest BCUT2D eigenvalue weighted by molar-refractivity contribution is 0.251. The maximum absolute atomic E-state index is 13.0. The van der Waals surface area contributed by atoms with E-state index in [1.165, 1.54) is 35.1 Å². The first-order valence-corrected chi connectivity index (χ1v) is 12.1. The lowest BCUT2D eigenvalue weighted by Gasteiger charge is -2.38. The summed E-state index contributed by atoms with van der Waals surface area (Å²) in [5.41, 5.74) is 12.1. The van der Waals surface area contributed by atoms with Crippen molar-refractivity contribution in [2.45, 2.75) is 77.2 Å². The van der Waals surface area contributed by atoms with Gasteiger partial charge in [-0.2, -0.15) is 0 Å². The van der Waals surface area contributed by atoms with E-state index in [-0.39, 0.29) is 11.4 Å². The highest BCUT2D eigenvalue weighted by atomic mass is 16.2. The fourth-order valence-electron chi connectivity index (χ4n) is 5.35. The number of nitrogens with two attached hydrogens (primary N) is 1. The summed E-state index contributed by atoms with van der Waals surface area (Å²) in [6.07, 6.45) is 4.55. The molecule has 0 bridgehead atoms. The van der Waals surface area contributed by atoms with Crippen molar-refractivity contribution >= 4 is 11.7 Å². The number of para-hydroxylation sites is 1. The van der Waals surface area contributed by atoms with Crippen LogP contribution >= 0.6 is 0 Å². The van der Waals surface area contributed by atoms with Gasteiger partial charge in [-0.3, -0.25) is 4.90 Å². The summed E-state index contributed by atoms with van der Waals surface area (Å²) in [4.78, 5) is 17.1. The van der Waals surface area contributed by atoms with Gasteiger partial charge in [0.15, 0.2) is 0 Å². The first-order chi connectivity index (χ1) is 15.1. The average molecular weight is 436 g/mol. The van der Waals surface area contributed by atoms with Gasteiger partial charge in [-0.05, 0) is 61.0 Å². The number of benzene rings is 2. The Morgan fingerprint density at radius 2 is 1.53 bits per heavy atom. The predicted molar refractivity (Wildman–Crippen MR) is 136 cm³/mol. The molecule has 1 aliphatic carbocycles. The van der Waals surface area contributed by atoms with Crippen molar-refractivity contribution in [2.24, 2.45) is 5.73 Å². The van der Waals surface area contributed by atoms with Crippen LogP contribution in [0.2, 0.25) is 0 Å². The predicted octanol–water partition coefficient (Wildman–Crippen LogP) is 6.39. The van der Waals surface area contributed by atoms with Gasteiger partial charge in [0.05, 0.1) is 5.69 Å². The number of urea groups is 1. The lowest BCUT2D eigenvalue weighted by Crippen LogP contribution is -2.46. The molecular formula is C28H41N3O. The van der Waals surface area contributed by atoms with Crippen molar-refractivity contribution in [1.29, 1.82) is 0 Å². The quantitative estimate of drug-likeness (QED) is 0.522. The Hall–Kier alpha value is -2.33. The molecule has 0 spiro atoms. The second-order valence-corrected chi connectivity index (χ2v) is 10.4. The van der Waals surface area contributed by atoms with E-state index in [1.807, 2.05) is 4.90 Å². The van der Waals surface area contributed by atoms with E-state index in [0.29, 0.717) is 18.4 Å². The number of primary amides is 1. The minimum Gasteiger partial charge on any atom is -0.351 e. The number of amides is 2. The van der Waals surface area contributed by atoms with Crippen molar-refractivity contribution in [1.82, 2.24) is 4.90 Å². The van der Waals surface area contributed by atoms with E-state index in [0.717, 1.165) is 25.1 Å². The fourth-order valence-corrected chi connectivity index (χ4v) is 5.35. The summed E-state index contributed by atoms with van der Waals surface area (Å²) in [5.74, 6) is 0.627. The zero-order valence-corrected chi connectivity index (χ0v) is 20.8. The molecule has 2 N–H and O–H groups in total. The topological polar surface area (TPSA) is 49.6 Å². The number of hydrogen-bond acceptors (Lipinski definition) is 2. The Labute approximate surface area is 194 Å². The van der Waals surface area contributed by atoms with Gasteiger partial charge in [-0.25, -0.2) is 4.79 Å². The number of nitrogens with zero attached hydrogens (tertiary/aromatic N) is 2. The largest absolute Gasteiger partial charge is 0.351 e. The summed E-state index contributed by atoms with van der Waals surface area (Å²) in [7, 11) is 4.20. The van der Waals surface area contributed by atoms with Crippen LogP contribution in [0.3, 0.4) is 0 Å². The molecular weight excluding hydrogens is 394 g/mol. The van der Waals surface area contributed by atoms with Crippen molar-refractivity contribution in [2.75, 3.05) is 25.5 Å². The Morgan fingerprint density at radius 3 is 2.03 bits per heavy atom. The second kappa shape index (κ2) is 10.1. The standard InChI is InChI=1S/C28H41N3O/c1-20(2)24-13-10-14-25(21(3)4)26(24)31(27(29)32)19-28(15-7-8-16-28)23-12-9-11-22(17-23)18-30(5)6/h9-14,17,20-21H,7-8,15-16,18-19H2,1-6H3,(H2,29,32). The molecule has 174 valence electrons. The van der Waals surface area contributed by atoms with Gasteiger partial charge in [0.25, 0.3) is 0 Å². The van der Waals surface area contributed by atoms with Crippen LogP contribution in [0.4, 0.5) is 10.5 Å². The highest BCUT2D eigenvalue weighted by molar-refractivity contribution is 5.93. The van der Waals surface area contributed by atoms with Crippen LogP contribution in [-0.2, 0) is 12.0 Å². The molecule has 0 saturated heterocycles. The summed E-state index contributed by atoms with van der Waals surface area (Å²) in [5, 5.41) is 0. The van der Waals surface area contributed by atoms with Crippen LogP contribution in [-0.4, -0.2) is 31.6 Å². The van der Waals surface area contributed by atoms with Gasteiger partial charge in [-0.15, -0.1) is 0 Å². The smallest absolute Gasteiger partial charge is 0.319 e. The first-order valence-electron chi connectivity index (χ1n) is 12.1. The summed E-state index contributed by atoms with van der Waals surface area (Å²) >= 11 is 0. The summed E-state index contributed by atoms with van der Waals surface area (Å²) < 4.78 is 0. The highest BCUT2D eigenvalue weighted by Crippen LogP contribution is 2.44. The van der Waals surface area contributed by atoms with E-state index in [9.17, 15) is 4.79 Å². The minimum atomic E-state index is -0.351. The van der Waals surface area contributed by atoms with Crippen LogP contribution in [0.5, 0.6) is 0 Å². The average Bonchev–Trinajstić information content (AvgIpc) is 3.21. The van der Waals surface area contributed by atoms with Gasteiger partial charge < -0.3 is 10.6 Å². The van der Waals surface area contributed by atoms with E-state index in [4.69, 9.17) is 5.73 Å². The maximum atomic E-state index is 13.0. The van der Waals surface area contributed by atoms with E-state index in [1.54, 1.807) is 0 Å². The van der Waals surface area contributed by atoms with Crippen LogP contribution in [0.1, 0.15) is 87.5 Å². The van der Waals surface area contributed by atoms with Gasteiger partial charge in [0, 0.05) is 18.5 Å². The van der Waals surface area contributed by atoms with E-state index < -0.39 is 0 Å². The van der Waals surface area contributed by atoms with Crippen molar-refractivity contribution < 1.29 is 4.79 Å². The Morgan fingerprint density at radius 1 is 0.969 bits per heavy atom. The molecule has 3 rings (SSSR count). The number of carbonyl (C=O) groups excluding carboxylic acids is 1. The van der Waals surface area contributed by atoms with Gasteiger partial charge in [-0.1, -0.05) is 83.0 Å². The lowest BCUT2D eigenvalue weighted by atomic mass is 9.77. The maximum Gasteiger partial charge on any atom is 0.319 e. The number of hydrogen-bond donors (Lipinski definition) is 1. The van der Waals surface area contributed by atoms with E-state index >= 15 is 0 Å².